The minimum atomic E-state index is -0.485. The molecular weight excluding hydrogens is 324 g/mol. The van der Waals surface area contributed by atoms with Crippen molar-refractivity contribution in [2.24, 2.45) is 0 Å². The Kier molecular flexibility index (Phi) is 6.36. The zero-order chi connectivity index (χ0) is 18.2. The normalized spacial score (nSPS) is 10.0. The van der Waals surface area contributed by atoms with E-state index in [-0.39, 0.29) is 0 Å². The van der Waals surface area contributed by atoms with Crippen molar-refractivity contribution in [2.45, 2.75) is 6.61 Å². The van der Waals surface area contributed by atoms with E-state index in [1.807, 2.05) is 0 Å². The highest BCUT2D eigenvalue weighted by molar-refractivity contribution is 5.99. The molecule has 0 aliphatic rings. The Hall–Kier alpha value is -3.06. The van der Waals surface area contributed by atoms with Gasteiger partial charge in [-0.15, -0.1) is 0 Å². The molecule has 0 atom stereocenters. The fourth-order valence-electron chi connectivity index (χ4n) is 2.12. The highest BCUT2D eigenvalue weighted by Crippen LogP contribution is 2.22. The molecule has 0 heterocycles. The first-order valence-electron chi connectivity index (χ1n) is 7.49. The van der Waals surface area contributed by atoms with Crippen LogP contribution in [-0.4, -0.2) is 33.1 Å². The molecule has 0 spiro atoms. The van der Waals surface area contributed by atoms with Crippen LogP contribution in [-0.2, 0) is 11.3 Å². The molecule has 2 amide bonds. The van der Waals surface area contributed by atoms with Crippen molar-refractivity contribution in [1.82, 2.24) is 10.9 Å². The lowest BCUT2D eigenvalue weighted by Crippen LogP contribution is -2.41. The summed E-state index contributed by atoms with van der Waals surface area (Å²) in [6.07, 6.45) is 0. The van der Waals surface area contributed by atoms with Crippen LogP contribution in [0.2, 0.25) is 0 Å². The third kappa shape index (κ3) is 4.95. The first-order valence-corrected chi connectivity index (χ1v) is 7.49. The van der Waals surface area contributed by atoms with Crippen LogP contribution in [0.1, 0.15) is 26.3 Å². The molecule has 132 valence electrons. The number of carbonyl (C=O) groups is 2. The van der Waals surface area contributed by atoms with Crippen LogP contribution in [0.5, 0.6) is 11.5 Å². The van der Waals surface area contributed by atoms with Gasteiger partial charge in [0.1, 0.15) is 11.5 Å². The van der Waals surface area contributed by atoms with Gasteiger partial charge in [-0.2, -0.15) is 0 Å². The summed E-state index contributed by atoms with van der Waals surface area (Å²) in [4.78, 5) is 24.3. The van der Waals surface area contributed by atoms with E-state index in [0.29, 0.717) is 29.2 Å². The predicted octanol–water partition coefficient (Wildman–Crippen LogP) is 1.92. The van der Waals surface area contributed by atoms with E-state index < -0.39 is 11.8 Å². The van der Waals surface area contributed by atoms with Gasteiger partial charge in [0.15, 0.2) is 0 Å². The standard InChI is InChI=1S/C18H20N2O5/c1-23-11-12-4-6-13(7-5-12)17(21)19-20-18(22)14-8-15(24-2)10-16(9-14)25-3/h4-10H,11H2,1-3H3,(H,19,21)(H,20,22). The van der Waals surface area contributed by atoms with Crippen LogP contribution >= 0.6 is 0 Å². The second-order valence-corrected chi connectivity index (χ2v) is 5.14. The first-order chi connectivity index (χ1) is 12.1. The second kappa shape index (κ2) is 8.70. The summed E-state index contributed by atoms with van der Waals surface area (Å²) in [7, 11) is 4.58. The van der Waals surface area contributed by atoms with Gasteiger partial charge in [-0.3, -0.25) is 20.4 Å². The Morgan fingerprint density at radius 1 is 0.800 bits per heavy atom. The number of rotatable bonds is 6. The summed E-state index contributed by atoms with van der Waals surface area (Å²) in [6, 6.07) is 11.6. The summed E-state index contributed by atoms with van der Waals surface area (Å²) in [5.41, 5.74) is 6.41. The number of nitrogens with one attached hydrogen (secondary N) is 2. The number of hydrogen-bond acceptors (Lipinski definition) is 5. The average Bonchev–Trinajstić information content (AvgIpc) is 2.66. The largest absolute Gasteiger partial charge is 0.497 e. The maximum absolute atomic E-state index is 12.2. The number of hydrogen-bond donors (Lipinski definition) is 2. The van der Waals surface area contributed by atoms with Gasteiger partial charge >= 0.3 is 0 Å². The molecule has 2 N–H and O–H groups in total. The van der Waals surface area contributed by atoms with Crippen molar-refractivity contribution < 1.29 is 23.8 Å². The van der Waals surface area contributed by atoms with E-state index in [1.54, 1.807) is 49.6 Å². The summed E-state index contributed by atoms with van der Waals surface area (Å²) >= 11 is 0. The molecular formula is C18H20N2O5. The lowest BCUT2D eigenvalue weighted by atomic mass is 10.1. The molecule has 0 fully saturated rings. The van der Waals surface area contributed by atoms with Crippen LogP contribution in [0.4, 0.5) is 0 Å². The van der Waals surface area contributed by atoms with Crippen molar-refractivity contribution in [3.63, 3.8) is 0 Å². The fourth-order valence-corrected chi connectivity index (χ4v) is 2.12. The van der Waals surface area contributed by atoms with E-state index in [0.717, 1.165) is 5.56 Å². The SMILES string of the molecule is COCc1ccc(C(=O)NNC(=O)c2cc(OC)cc(OC)c2)cc1. The quantitative estimate of drug-likeness (QED) is 0.782. The summed E-state index contributed by atoms with van der Waals surface area (Å²) in [6.45, 7) is 0.469. The van der Waals surface area contributed by atoms with Crippen LogP contribution in [0.25, 0.3) is 0 Å². The Balaban J connectivity index is 2.00. The van der Waals surface area contributed by atoms with E-state index in [1.165, 1.54) is 14.2 Å². The molecule has 0 unspecified atom stereocenters. The molecule has 0 aliphatic carbocycles. The van der Waals surface area contributed by atoms with E-state index in [2.05, 4.69) is 10.9 Å². The average molecular weight is 344 g/mol. The number of methoxy groups -OCH3 is 3. The van der Waals surface area contributed by atoms with Gasteiger partial charge in [0, 0.05) is 24.3 Å². The number of hydrazine groups is 1. The van der Waals surface area contributed by atoms with Gasteiger partial charge in [-0.1, -0.05) is 12.1 Å². The molecule has 0 radical (unpaired) electrons. The van der Waals surface area contributed by atoms with Crippen molar-refractivity contribution in [3.05, 3.63) is 59.2 Å². The van der Waals surface area contributed by atoms with Gasteiger partial charge in [-0.25, -0.2) is 0 Å². The zero-order valence-corrected chi connectivity index (χ0v) is 14.3. The molecule has 2 rings (SSSR count). The summed E-state index contributed by atoms with van der Waals surface area (Å²) < 4.78 is 15.2. The topological polar surface area (TPSA) is 85.9 Å². The Morgan fingerprint density at radius 3 is 1.80 bits per heavy atom. The van der Waals surface area contributed by atoms with Crippen LogP contribution in [0, 0.1) is 0 Å². The minimum absolute atomic E-state index is 0.298. The van der Waals surface area contributed by atoms with Gasteiger partial charge in [0.25, 0.3) is 11.8 Å². The molecule has 0 saturated carbocycles. The molecule has 0 aromatic heterocycles. The van der Waals surface area contributed by atoms with Crippen LogP contribution < -0.4 is 20.3 Å². The highest BCUT2D eigenvalue weighted by Gasteiger charge is 2.12. The van der Waals surface area contributed by atoms with Crippen molar-refractivity contribution in [1.29, 1.82) is 0 Å². The number of carbonyl (C=O) groups excluding carboxylic acids is 2. The molecule has 2 aromatic carbocycles. The van der Waals surface area contributed by atoms with Crippen LogP contribution in [0.3, 0.4) is 0 Å². The van der Waals surface area contributed by atoms with E-state index >= 15 is 0 Å². The Bertz CT molecular complexity index is 721. The van der Waals surface area contributed by atoms with Crippen molar-refractivity contribution >= 4 is 11.8 Å². The van der Waals surface area contributed by atoms with Gasteiger partial charge in [-0.05, 0) is 29.8 Å². The molecule has 0 bridgehead atoms. The Morgan fingerprint density at radius 2 is 1.32 bits per heavy atom. The molecule has 7 nitrogen and oxygen atoms in total. The van der Waals surface area contributed by atoms with E-state index in [9.17, 15) is 9.59 Å². The number of ether oxygens (including phenoxy) is 3. The van der Waals surface area contributed by atoms with Gasteiger partial charge in [0.05, 0.1) is 20.8 Å². The Labute approximate surface area is 145 Å². The molecule has 2 aromatic rings. The monoisotopic (exact) mass is 344 g/mol. The summed E-state index contributed by atoms with van der Waals surface area (Å²) in [5, 5.41) is 0. The number of amides is 2. The molecule has 0 saturated heterocycles. The minimum Gasteiger partial charge on any atom is -0.497 e. The van der Waals surface area contributed by atoms with Crippen molar-refractivity contribution in [2.75, 3.05) is 21.3 Å². The van der Waals surface area contributed by atoms with Crippen LogP contribution in [0.15, 0.2) is 42.5 Å². The molecule has 0 aliphatic heterocycles. The highest BCUT2D eigenvalue weighted by atomic mass is 16.5. The van der Waals surface area contributed by atoms with Gasteiger partial charge < -0.3 is 14.2 Å². The first kappa shape index (κ1) is 18.3. The fraction of sp³-hybridized carbons (Fsp3) is 0.222. The maximum Gasteiger partial charge on any atom is 0.269 e. The smallest absolute Gasteiger partial charge is 0.269 e. The molecule has 25 heavy (non-hydrogen) atoms. The predicted molar refractivity (Wildman–Crippen MR) is 91.6 cm³/mol. The lowest BCUT2D eigenvalue weighted by molar-refractivity contribution is 0.0846. The third-order valence-electron chi connectivity index (χ3n) is 3.43. The molecule has 7 heteroatoms. The third-order valence-corrected chi connectivity index (χ3v) is 3.43. The lowest BCUT2D eigenvalue weighted by Gasteiger charge is -2.10. The zero-order valence-electron chi connectivity index (χ0n) is 14.3. The second-order valence-electron chi connectivity index (χ2n) is 5.14. The van der Waals surface area contributed by atoms with E-state index in [4.69, 9.17) is 14.2 Å². The number of benzene rings is 2. The van der Waals surface area contributed by atoms with Crippen molar-refractivity contribution in [3.8, 4) is 11.5 Å². The van der Waals surface area contributed by atoms with Gasteiger partial charge in [0.2, 0.25) is 0 Å². The summed E-state index contributed by atoms with van der Waals surface area (Å²) in [5.74, 6) is 0.0443. The maximum atomic E-state index is 12.2.